The molecule has 0 spiro atoms. The van der Waals surface area contributed by atoms with E-state index in [0.717, 1.165) is 48.4 Å². The number of nitrogens with zero attached hydrogens (tertiary/aromatic N) is 2. The van der Waals surface area contributed by atoms with Crippen LogP contribution in [0.4, 0.5) is 0 Å². The molecule has 1 aliphatic rings. The summed E-state index contributed by atoms with van der Waals surface area (Å²) in [5.74, 6) is 0.855. The molecule has 4 heteroatoms. The lowest BCUT2D eigenvalue weighted by Crippen LogP contribution is -2.22. The first-order chi connectivity index (χ1) is 12.3. The largest absolute Gasteiger partial charge is 0.497 e. The Morgan fingerprint density at radius 1 is 1.19 bits per heavy atom. The quantitative estimate of drug-likeness (QED) is 0.496. The third kappa shape index (κ3) is 6.03. The number of hydrogen-bond donors (Lipinski definition) is 0. The van der Waals surface area contributed by atoms with Crippen molar-refractivity contribution >= 4 is 11.3 Å². The van der Waals surface area contributed by atoms with Gasteiger partial charge in [-0.15, -0.1) is 0 Å². The van der Waals surface area contributed by atoms with E-state index in [0.29, 0.717) is 6.61 Å². The van der Waals surface area contributed by atoms with Crippen LogP contribution in [-0.2, 0) is 4.84 Å². The average molecular weight is 357 g/mol. The van der Waals surface area contributed by atoms with E-state index in [4.69, 9.17) is 9.57 Å². The van der Waals surface area contributed by atoms with Crippen LogP contribution in [0, 0.1) is 5.41 Å². The lowest BCUT2D eigenvalue weighted by molar-refractivity contribution is 0.133. The minimum absolute atomic E-state index is 0.144. The maximum absolute atomic E-state index is 5.55. The highest BCUT2D eigenvalue weighted by molar-refractivity contribution is 6.00. The molecular formula is C22H32N2O2. The minimum Gasteiger partial charge on any atom is -0.497 e. The van der Waals surface area contributed by atoms with Crippen molar-refractivity contribution in [3.8, 4) is 5.75 Å². The first-order valence-electron chi connectivity index (χ1n) is 9.18. The van der Waals surface area contributed by atoms with Crippen LogP contribution in [0.15, 0.2) is 47.6 Å². The maximum atomic E-state index is 5.55. The summed E-state index contributed by atoms with van der Waals surface area (Å²) in [7, 11) is 5.81. The topological polar surface area (TPSA) is 34.1 Å². The minimum atomic E-state index is 0.144. The van der Waals surface area contributed by atoms with E-state index in [-0.39, 0.29) is 5.41 Å². The van der Waals surface area contributed by atoms with Crippen molar-refractivity contribution in [2.45, 2.75) is 33.1 Å². The van der Waals surface area contributed by atoms with E-state index in [1.54, 1.807) is 7.11 Å². The number of ether oxygens (including phenoxy) is 1. The van der Waals surface area contributed by atoms with Gasteiger partial charge in [0, 0.05) is 6.54 Å². The van der Waals surface area contributed by atoms with Crippen LogP contribution in [0.25, 0.3) is 5.57 Å². The fourth-order valence-electron chi connectivity index (χ4n) is 3.18. The van der Waals surface area contributed by atoms with Crippen LogP contribution in [0.5, 0.6) is 5.75 Å². The number of benzene rings is 1. The van der Waals surface area contributed by atoms with E-state index in [1.807, 2.05) is 12.1 Å². The molecule has 0 atom stereocenters. The number of methoxy groups -OCH3 is 1. The first kappa shape index (κ1) is 20.2. The van der Waals surface area contributed by atoms with Crippen LogP contribution in [-0.4, -0.2) is 45.0 Å². The van der Waals surface area contributed by atoms with Gasteiger partial charge < -0.3 is 14.5 Å². The molecule has 0 saturated heterocycles. The second-order valence-electron chi connectivity index (χ2n) is 7.97. The Morgan fingerprint density at radius 3 is 2.50 bits per heavy atom. The normalized spacial score (nSPS) is 17.9. The molecule has 0 unspecified atom stereocenters. The number of oxime groups is 1. The molecule has 2 rings (SSSR count). The lowest BCUT2D eigenvalue weighted by Gasteiger charge is -2.31. The molecule has 0 bridgehead atoms. The van der Waals surface area contributed by atoms with Crippen molar-refractivity contribution in [2.75, 3.05) is 34.4 Å². The second kappa shape index (κ2) is 9.04. The molecule has 1 aliphatic carbocycles. The predicted molar refractivity (Wildman–Crippen MR) is 110 cm³/mol. The molecule has 1 aromatic rings. The molecular weight excluding hydrogens is 324 g/mol. The molecule has 0 amide bonds. The number of hydrogen-bond acceptors (Lipinski definition) is 4. The molecule has 0 N–H and O–H groups in total. The van der Waals surface area contributed by atoms with Gasteiger partial charge in [0.2, 0.25) is 0 Å². The van der Waals surface area contributed by atoms with Gasteiger partial charge in [-0.1, -0.05) is 37.7 Å². The molecule has 1 aromatic carbocycles. The fourth-order valence-corrected chi connectivity index (χ4v) is 3.18. The second-order valence-corrected chi connectivity index (χ2v) is 7.97. The Kier molecular flexibility index (Phi) is 7.04. The highest BCUT2D eigenvalue weighted by Crippen LogP contribution is 2.39. The first-order valence-corrected chi connectivity index (χ1v) is 9.18. The van der Waals surface area contributed by atoms with Crippen molar-refractivity contribution < 1.29 is 9.57 Å². The fraction of sp³-hybridized carbons (Fsp3) is 0.500. The third-order valence-corrected chi connectivity index (χ3v) is 4.52. The lowest BCUT2D eigenvalue weighted by atomic mass is 9.74. The number of allylic oxidation sites excluding steroid dienone is 3. The Bertz CT molecular complexity index is 670. The van der Waals surface area contributed by atoms with E-state index in [1.165, 1.54) is 5.57 Å². The molecule has 26 heavy (non-hydrogen) atoms. The summed E-state index contributed by atoms with van der Waals surface area (Å²) in [6, 6.07) is 8.05. The van der Waals surface area contributed by atoms with Crippen molar-refractivity contribution in [1.29, 1.82) is 0 Å². The van der Waals surface area contributed by atoms with Gasteiger partial charge in [-0.2, -0.15) is 0 Å². The zero-order chi connectivity index (χ0) is 19.2. The van der Waals surface area contributed by atoms with E-state index in [9.17, 15) is 0 Å². The van der Waals surface area contributed by atoms with Gasteiger partial charge in [0.25, 0.3) is 0 Å². The van der Waals surface area contributed by atoms with Gasteiger partial charge in [0.1, 0.15) is 12.4 Å². The SMILES string of the molecule is C=C(C1=C/C(=N/OCCCN(C)C)CC(C)(C)C1)c1ccc(OC)cc1. The van der Waals surface area contributed by atoms with E-state index >= 15 is 0 Å². The highest BCUT2D eigenvalue weighted by Gasteiger charge is 2.28. The van der Waals surface area contributed by atoms with Gasteiger partial charge in [0.05, 0.1) is 12.8 Å². The molecule has 0 radical (unpaired) electrons. The van der Waals surface area contributed by atoms with Crippen LogP contribution < -0.4 is 4.74 Å². The van der Waals surface area contributed by atoms with Gasteiger partial charge in [0.15, 0.2) is 0 Å². The molecule has 142 valence electrons. The Labute approximate surface area is 158 Å². The summed E-state index contributed by atoms with van der Waals surface area (Å²) in [4.78, 5) is 7.70. The Morgan fingerprint density at radius 2 is 1.88 bits per heavy atom. The summed E-state index contributed by atoms with van der Waals surface area (Å²) in [5, 5.41) is 4.39. The molecule has 0 aliphatic heterocycles. The number of rotatable bonds is 8. The van der Waals surface area contributed by atoms with Crippen molar-refractivity contribution in [3.05, 3.63) is 48.1 Å². The summed E-state index contributed by atoms with van der Waals surface area (Å²) in [5.41, 5.74) is 4.52. The van der Waals surface area contributed by atoms with Gasteiger partial charge in [-0.05, 0) is 73.7 Å². The maximum Gasteiger partial charge on any atom is 0.118 e. The summed E-state index contributed by atoms with van der Waals surface area (Å²) < 4.78 is 5.24. The molecule has 0 saturated carbocycles. The van der Waals surface area contributed by atoms with Crippen molar-refractivity contribution in [2.24, 2.45) is 10.6 Å². The monoisotopic (exact) mass is 356 g/mol. The summed E-state index contributed by atoms with van der Waals surface area (Å²) >= 11 is 0. The third-order valence-electron chi connectivity index (χ3n) is 4.52. The van der Waals surface area contributed by atoms with E-state index in [2.05, 4.69) is 62.8 Å². The van der Waals surface area contributed by atoms with Crippen LogP contribution >= 0.6 is 0 Å². The van der Waals surface area contributed by atoms with E-state index < -0.39 is 0 Å². The van der Waals surface area contributed by atoms with Gasteiger partial charge in [-0.25, -0.2) is 0 Å². The zero-order valence-electron chi connectivity index (χ0n) is 16.8. The average Bonchev–Trinajstić information content (AvgIpc) is 2.59. The van der Waals surface area contributed by atoms with Crippen LogP contribution in [0.2, 0.25) is 0 Å². The van der Waals surface area contributed by atoms with Gasteiger partial charge >= 0.3 is 0 Å². The molecule has 0 fully saturated rings. The van der Waals surface area contributed by atoms with Gasteiger partial charge in [-0.3, -0.25) is 0 Å². The van der Waals surface area contributed by atoms with Crippen molar-refractivity contribution in [3.63, 3.8) is 0 Å². The standard InChI is InChI=1S/C22H32N2O2/c1-17(18-8-10-21(25-6)11-9-18)19-14-20(16-22(2,3)15-19)23-26-13-7-12-24(4)5/h8-11,14H,1,7,12-13,15-16H2,2-6H3/b23-20-. The van der Waals surface area contributed by atoms with Crippen molar-refractivity contribution in [1.82, 2.24) is 4.90 Å². The molecule has 4 nitrogen and oxygen atoms in total. The van der Waals surface area contributed by atoms with Crippen LogP contribution in [0.1, 0.15) is 38.7 Å². The highest BCUT2D eigenvalue weighted by atomic mass is 16.6. The molecule has 0 heterocycles. The summed E-state index contributed by atoms with van der Waals surface area (Å²) in [6.45, 7) is 10.5. The smallest absolute Gasteiger partial charge is 0.118 e. The zero-order valence-corrected chi connectivity index (χ0v) is 16.8. The Hall–Kier alpha value is -2.07. The Balaban J connectivity index is 2.09. The van der Waals surface area contributed by atoms with Crippen LogP contribution in [0.3, 0.4) is 0 Å². The summed E-state index contributed by atoms with van der Waals surface area (Å²) in [6.07, 6.45) is 5.02. The molecule has 0 aromatic heterocycles. The predicted octanol–water partition coefficient (Wildman–Crippen LogP) is 4.78.